The fourth-order valence-electron chi connectivity index (χ4n) is 0.923. The van der Waals surface area contributed by atoms with Crippen LogP contribution in [0, 0.1) is 0 Å². The van der Waals surface area contributed by atoms with Crippen molar-refractivity contribution in [2.75, 3.05) is 6.66 Å². The van der Waals surface area contributed by atoms with Crippen molar-refractivity contribution in [1.29, 1.82) is 0 Å². The van der Waals surface area contributed by atoms with E-state index in [1.165, 1.54) is 18.8 Å². The second kappa shape index (κ2) is 7.10. The van der Waals surface area contributed by atoms with Crippen molar-refractivity contribution in [3.05, 3.63) is 29.8 Å². The van der Waals surface area contributed by atoms with Crippen LogP contribution in [0.4, 0.5) is 0 Å². The van der Waals surface area contributed by atoms with Gasteiger partial charge < -0.3 is 14.3 Å². The molecule has 0 saturated carbocycles. The van der Waals surface area contributed by atoms with Crippen molar-refractivity contribution < 1.29 is 28.7 Å². The summed E-state index contributed by atoms with van der Waals surface area (Å²) in [5.74, 6) is 0.186. The SMILES string of the molecule is C=P(C)(O)O.CCc1ccc(OP(=O)(O)O)cc1. The van der Waals surface area contributed by atoms with Crippen molar-refractivity contribution in [2.45, 2.75) is 13.3 Å². The van der Waals surface area contributed by atoms with Gasteiger partial charge in [0.25, 0.3) is 0 Å². The molecule has 4 N–H and O–H groups in total. The minimum Gasteiger partial charge on any atom is -0.404 e. The standard InChI is InChI=1S/C8H11O4P.C2H7O2P/c1-2-7-3-5-8(6-4-7)12-13(9,10)11;1-5(2,3)4/h3-6H,2H2,1H3,(H2,9,10,11);3-4H,1H2,2H3. The lowest BCUT2D eigenvalue weighted by atomic mass is 10.2. The molecule has 0 fully saturated rings. The first kappa shape index (κ1) is 17.4. The van der Waals surface area contributed by atoms with Gasteiger partial charge in [-0.15, -0.1) is 0 Å². The maximum absolute atomic E-state index is 10.4. The molecular formula is C10H18O6P2. The molecule has 0 unspecified atom stereocenters. The van der Waals surface area contributed by atoms with Crippen LogP contribution in [-0.2, 0) is 11.0 Å². The molecule has 0 aliphatic carbocycles. The summed E-state index contributed by atoms with van der Waals surface area (Å²) in [7, 11) is -7.05. The number of phosphoric ester groups is 1. The van der Waals surface area contributed by atoms with Crippen LogP contribution in [0.5, 0.6) is 5.75 Å². The Morgan fingerprint density at radius 3 is 1.83 bits per heavy atom. The van der Waals surface area contributed by atoms with Gasteiger partial charge in [-0.1, -0.05) is 25.4 Å². The lowest BCUT2D eigenvalue weighted by Gasteiger charge is -2.06. The predicted octanol–water partition coefficient (Wildman–Crippen LogP) is 1.60. The van der Waals surface area contributed by atoms with Crippen molar-refractivity contribution in [3.8, 4) is 5.75 Å². The molecule has 0 radical (unpaired) electrons. The Kier molecular flexibility index (Phi) is 6.86. The molecule has 0 heterocycles. The van der Waals surface area contributed by atoms with Crippen LogP contribution in [0.15, 0.2) is 24.3 Å². The smallest absolute Gasteiger partial charge is 0.404 e. The Balaban J connectivity index is 0.000000494. The van der Waals surface area contributed by atoms with Gasteiger partial charge in [0.2, 0.25) is 0 Å². The summed E-state index contributed by atoms with van der Waals surface area (Å²) in [5.41, 5.74) is 1.10. The molecule has 6 nitrogen and oxygen atoms in total. The average molecular weight is 296 g/mol. The molecule has 1 rings (SSSR count). The van der Waals surface area contributed by atoms with Crippen molar-refractivity contribution in [3.63, 3.8) is 0 Å². The minimum absolute atomic E-state index is 0.186. The summed E-state index contributed by atoms with van der Waals surface area (Å²) in [5, 5.41) is 0. The maximum Gasteiger partial charge on any atom is 0.524 e. The number of rotatable bonds is 3. The number of phosphoric acid groups is 1. The number of hydrogen-bond donors (Lipinski definition) is 4. The van der Waals surface area contributed by atoms with E-state index in [1.54, 1.807) is 12.1 Å². The van der Waals surface area contributed by atoms with E-state index in [1.807, 2.05) is 6.92 Å². The zero-order chi connectivity index (χ0) is 14.4. The Morgan fingerprint density at radius 2 is 1.56 bits per heavy atom. The van der Waals surface area contributed by atoms with Crippen molar-refractivity contribution in [2.24, 2.45) is 0 Å². The van der Waals surface area contributed by atoms with E-state index in [-0.39, 0.29) is 5.75 Å². The Bertz CT molecular complexity index is 436. The van der Waals surface area contributed by atoms with Crippen molar-refractivity contribution in [1.82, 2.24) is 0 Å². The van der Waals surface area contributed by atoms with Crippen LogP contribution < -0.4 is 4.52 Å². The lowest BCUT2D eigenvalue weighted by Crippen LogP contribution is -1.90. The molecule has 104 valence electrons. The highest BCUT2D eigenvalue weighted by molar-refractivity contribution is 7.61. The second-order valence-electron chi connectivity index (χ2n) is 3.67. The molecule has 0 aromatic heterocycles. The lowest BCUT2D eigenvalue weighted by molar-refractivity contribution is 0.283. The summed E-state index contributed by atoms with van der Waals surface area (Å²) in [6.07, 6.45) is 3.88. The Hall–Kier alpha value is -0.610. The molecule has 0 aliphatic heterocycles. The largest absolute Gasteiger partial charge is 0.524 e. The van der Waals surface area contributed by atoms with E-state index in [9.17, 15) is 4.57 Å². The van der Waals surface area contributed by atoms with Crippen LogP contribution in [0.2, 0.25) is 0 Å². The fourth-order valence-corrected chi connectivity index (χ4v) is 1.32. The number of benzene rings is 1. The molecule has 1 aromatic carbocycles. The molecule has 1 aromatic rings. The molecular weight excluding hydrogens is 278 g/mol. The van der Waals surface area contributed by atoms with E-state index in [4.69, 9.17) is 19.6 Å². The van der Waals surface area contributed by atoms with E-state index in [0.29, 0.717) is 0 Å². The van der Waals surface area contributed by atoms with Gasteiger partial charge in [-0.2, -0.15) is 0 Å². The monoisotopic (exact) mass is 296 g/mol. The quantitative estimate of drug-likeness (QED) is 0.631. The topological polar surface area (TPSA) is 107 Å². The third-order valence-electron chi connectivity index (χ3n) is 1.56. The van der Waals surface area contributed by atoms with Gasteiger partial charge in [0.05, 0.1) is 0 Å². The van der Waals surface area contributed by atoms with E-state index < -0.39 is 15.2 Å². The van der Waals surface area contributed by atoms with Crippen molar-refractivity contribution >= 4 is 21.5 Å². The first-order valence-corrected chi connectivity index (χ1v) is 8.87. The molecule has 0 atom stereocenters. The summed E-state index contributed by atoms with van der Waals surface area (Å²) in [6, 6.07) is 6.62. The molecule has 0 aliphatic rings. The van der Waals surface area contributed by atoms with Crippen LogP contribution >= 0.6 is 15.2 Å². The van der Waals surface area contributed by atoms with E-state index in [0.717, 1.165) is 12.0 Å². The average Bonchev–Trinajstić information content (AvgIpc) is 2.14. The molecule has 0 bridgehead atoms. The summed E-state index contributed by atoms with van der Waals surface area (Å²) in [6.45, 7) is 3.30. The van der Waals surface area contributed by atoms with Gasteiger partial charge in [0, 0.05) is 6.66 Å². The summed E-state index contributed by atoms with van der Waals surface area (Å²) < 4.78 is 14.8. The third kappa shape index (κ3) is 11.9. The molecule has 0 spiro atoms. The van der Waals surface area contributed by atoms with Gasteiger partial charge in [-0.05, 0) is 24.1 Å². The molecule has 18 heavy (non-hydrogen) atoms. The predicted molar refractivity (Wildman–Crippen MR) is 72.9 cm³/mol. The van der Waals surface area contributed by atoms with Crippen LogP contribution in [0.3, 0.4) is 0 Å². The highest BCUT2D eigenvalue weighted by atomic mass is 31.2. The van der Waals surface area contributed by atoms with Gasteiger partial charge in [0.15, 0.2) is 0 Å². The molecule has 8 heteroatoms. The molecule has 0 amide bonds. The van der Waals surface area contributed by atoms with E-state index in [2.05, 4.69) is 10.8 Å². The Labute approximate surface area is 106 Å². The number of aryl methyl sites for hydroxylation is 1. The van der Waals surface area contributed by atoms with Crippen LogP contribution in [-0.4, -0.2) is 32.5 Å². The van der Waals surface area contributed by atoms with Gasteiger partial charge >= 0.3 is 7.82 Å². The highest BCUT2D eigenvalue weighted by Crippen LogP contribution is 2.37. The number of hydrogen-bond acceptors (Lipinski definition) is 4. The Morgan fingerprint density at radius 1 is 1.17 bits per heavy atom. The highest BCUT2D eigenvalue weighted by Gasteiger charge is 2.15. The zero-order valence-corrected chi connectivity index (χ0v) is 12.0. The first-order chi connectivity index (χ1) is 8.01. The van der Waals surface area contributed by atoms with Gasteiger partial charge in [-0.3, -0.25) is 9.79 Å². The summed E-state index contributed by atoms with van der Waals surface area (Å²) in [4.78, 5) is 33.1. The van der Waals surface area contributed by atoms with Gasteiger partial charge in [0.1, 0.15) is 13.1 Å². The maximum atomic E-state index is 10.4. The van der Waals surface area contributed by atoms with Crippen LogP contribution in [0.1, 0.15) is 12.5 Å². The minimum atomic E-state index is -4.41. The molecule has 0 saturated heterocycles. The second-order valence-corrected chi connectivity index (χ2v) is 7.01. The first-order valence-electron chi connectivity index (χ1n) is 5.01. The van der Waals surface area contributed by atoms with Gasteiger partial charge in [-0.25, -0.2) is 4.57 Å². The van der Waals surface area contributed by atoms with E-state index >= 15 is 0 Å². The zero-order valence-electron chi connectivity index (χ0n) is 10.2. The summed E-state index contributed by atoms with van der Waals surface area (Å²) >= 11 is 0. The normalized spacial score (nSPS) is 11.4. The van der Waals surface area contributed by atoms with Crippen LogP contribution in [0.25, 0.3) is 0 Å². The fraction of sp³-hybridized carbons (Fsp3) is 0.300. The third-order valence-corrected chi connectivity index (χ3v) is 2.00.